The second kappa shape index (κ2) is 3.57. The summed E-state index contributed by atoms with van der Waals surface area (Å²) in [5, 5.41) is 3.37. The van der Waals surface area contributed by atoms with Crippen molar-refractivity contribution in [3.63, 3.8) is 0 Å². The number of aromatic amines is 1. The lowest BCUT2D eigenvalue weighted by atomic mass is 10.0. The van der Waals surface area contributed by atoms with Crippen LogP contribution in [0.3, 0.4) is 0 Å². The molecule has 2 aromatic heterocycles. The number of fused-ring (bicyclic) bond motifs is 2. The van der Waals surface area contributed by atoms with Gasteiger partial charge in [-0.15, -0.1) is 0 Å². The molecule has 88 valence electrons. The first-order chi connectivity index (χ1) is 8.92. The number of pyridine rings is 1. The summed E-state index contributed by atoms with van der Waals surface area (Å²) < 4.78 is 0. The van der Waals surface area contributed by atoms with Crippen LogP contribution >= 0.6 is 0 Å². The van der Waals surface area contributed by atoms with E-state index in [2.05, 4.69) is 38.5 Å². The Morgan fingerprint density at radius 2 is 2.17 bits per heavy atom. The topological polar surface area (TPSA) is 53.6 Å². The van der Waals surface area contributed by atoms with Crippen molar-refractivity contribution in [2.24, 2.45) is 0 Å². The molecule has 1 aromatic carbocycles. The molecule has 2 N–H and O–H groups in total. The molecular weight excluding hydrogens is 224 g/mol. The molecule has 4 heteroatoms. The molecule has 0 atom stereocenters. The number of imidazole rings is 1. The SMILES string of the molecule is c1nc2c(-c3ccc4c(c3)CCN4)cncc2[nH]1. The number of aromatic nitrogens is 3. The molecule has 0 aliphatic carbocycles. The predicted octanol–water partition coefficient (Wildman–Crippen LogP) is 2.59. The van der Waals surface area contributed by atoms with Crippen LogP contribution in [0.2, 0.25) is 0 Å². The van der Waals surface area contributed by atoms with Gasteiger partial charge in [-0.1, -0.05) is 6.07 Å². The second-order valence-electron chi connectivity index (χ2n) is 4.53. The van der Waals surface area contributed by atoms with Crippen molar-refractivity contribution in [3.05, 3.63) is 42.5 Å². The van der Waals surface area contributed by atoms with Crippen LogP contribution in [0.25, 0.3) is 22.2 Å². The van der Waals surface area contributed by atoms with Gasteiger partial charge in [0.25, 0.3) is 0 Å². The Morgan fingerprint density at radius 1 is 1.17 bits per heavy atom. The maximum atomic E-state index is 4.38. The van der Waals surface area contributed by atoms with E-state index in [4.69, 9.17) is 0 Å². The average Bonchev–Trinajstić information content (AvgIpc) is 3.05. The van der Waals surface area contributed by atoms with Crippen LogP contribution in [-0.2, 0) is 6.42 Å². The van der Waals surface area contributed by atoms with E-state index in [-0.39, 0.29) is 0 Å². The highest BCUT2D eigenvalue weighted by Crippen LogP contribution is 2.30. The van der Waals surface area contributed by atoms with Crippen LogP contribution in [0.4, 0.5) is 5.69 Å². The summed E-state index contributed by atoms with van der Waals surface area (Å²) in [6, 6.07) is 6.51. The summed E-state index contributed by atoms with van der Waals surface area (Å²) in [6.45, 7) is 1.03. The first-order valence-electron chi connectivity index (χ1n) is 6.06. The maximum absolute atomic E-state index is 4.38. The van der Waals surface area contributed by atoms with Gasteiger partial charge in [0.15, 0.2) is 0 Å². The Kier molecular flexibility index (Phi) is 1.91. The Bertz CT molecular complexity index is 729. The van der Waals surface area contributed by atoms with E-state index in [1.807, 2.05) is 6.20 Å². The number of rotatable bonds is 1. The Balaban J connectivity index is 1.94. The molecule has 0 fully saturated rings. The highest BCUT2D eigenvalue weighted by molar-refractivity contribution is 5.91. The van der Waals surface area contributed by atoms with Crippen LogP contribution in [-0.4, -0.2) is 21.5 Å². The van der Waals surface area contributed by atoms with Gasteiger partial charge in [0.2, 0.25) is 0 Å². The van der Waals surface area contributed by atoms with Gasteiger partial charge in [0.05, 0.1) is 23.6 Å². The molecule has 4 nitrogen and oxygen atoms in total. The van der Waals surface area contributed by atoms with Crippen LogP contribution in [0.1, 0.15) is 5.56 Å². The monoisotopic (exact) mass is 236 g/mol. The summed E-state index contributed by atoms with van der Waals surface area (Å²) in [6.07, 6.45) is 6.49. The van der Waals surface area contributed by atoms with E-state index < -0.39 is 0 Å². The number of nitrogens with one attached hydrogen (secondary N) is 2. The third-order valence-corrected chi connectivity index (χ3v) is 3.46. The minimum atomic E-state index is 0.978. The maximum Gasteiger partial charge on any atom is 0.0992 e. The van der Waals surface area contributed by atoms with Crippen molar-refractivity contribution in [2.75, 3.05) is 11.9 Å². The van der Waals surface area contributed by atoms with E-state index in [0.717, 1.165) is 29.6 Å². The highest BCUT2D eigenvalue weighted by Gasteiger charge is 2.12. The normalized spacial score (nSPS) is 13.6. The number of hydrogen-bond donors (Lipinski definition) is 2. The predicted molar refractivity (Wildman–Crippen MR) is 71.5 cm³/mol. The lowest BCUT2D eigenvalue weighted by Crippen LogP contribution is -1.90. The molecular formula is C14H12N4. The van der Waals surface area contributed by atoms with Gasteiger partial charge >= 0.3 is 0 Å². The number of H-pyrrole nitrogens is 1. The largest absolute Gasteiger partial charge is 0.384 e. The first kappa shape index (κ1) is 9.65. The van der Waals surface area contributed by atoms with Crippen molar-refractivity contribution >= 4 is 16.7 Å². The summed E-state index contributed by atoms with van der Waals surface area (Å²) in [5.74, 6) is 0. The van der Waals surface area contributed by atoms with Gasteiger partial charge in [0.1, 0.15) is 0 Å². The van der Waals surface area contributed by atoms with Crippen molar-refractivity contribution in [2.45, 2.75) is 6.42 Å². The summed E-state index contributed by atoms with van der Waals surface area (Å²) >= 11 is 0. The molecule has 0 spiro atoms. The number of benzene rings is 1. The molecule has 1 aliphatic rings. The minimum Gasteiger partial charge on any atom is -0.384 e. The zero-order valence-electron chi connectivity index (χ0n) is 9.77. The molecule has 0 saturated heterocycles. The average molecular weight is 236 g/mol. The van der Waals surface area contributed by atoms with Gasteiger partial charge in [-0.25, -0.2) is 4.98 Å². The fourth-order valence-electron chi connectivity index (χ4n) is 2.55. The van der Waals surface area contributed by atoms with Gasteiger partial charge < -0.3 is 10.3 Å². The summed E-state index contributed by atoms with van der Waals surface area (Å²) in [5.41, 5.74) is 6.86. The Morgan fingerprint density at radius 3 is 3.17 bits per heavy atom. The lowest BCUT2D eigenvalue weighted by molar-refractivity contribution is 1.11. The minimum absolute atomic E-state index is 0.978. The van der Waals surface area contributed by atoms with Crippen LogP contribution in [0, 0.1) is 0 Å². The van der Waals surface area contributed by atoms with Gasteiger partial charge in [-0.05, 0) is 29.7 Å². The van der Waals surface area contributed by atoms with Crippen molar-refractivity contribution in [1.82, 2.24) is 15.0 Å². The molecule has 0 saturated carbocycles. The van der Waals surface area contributed by atoms with Crippen molar-refractivity contribution in [1.29, 1.82) is 0 Å². The summed E-state index contributed by atoms with van der Waals surface area (Å²) in [4.78, 5) is 11.7. The third kappa shape index (κ3) is 1.32. The fraction of sp³-hybridized carbons (Fsp3) is 0.143. The quantitative estimate of drug-likeness (QED) is 0.682. The van der Waals surface area contributed by atoms with Gasteiger partial charge in [-0.2, -0.15) is 0 Å². The first-order valence-corrected chi connectivity index (χ1v) is 6.06. The van der Waals surface area contributed by atoms with Crippen molar-refractivity contribution in [3.8, 4) is 11.1 Å². The summed E-state index contributed by atoms with van der Waals surface area (Å²) in [7, 11) is 0. The number of anilines is 1. The Hall–Kier alpha value is -2.36. The fourth-order valence-corrected chi connectivity index (χ4v) is 2.55. The lowest BCUT2D eigenvalue weighted by Gasteiger charge is -2.05. The van der Waals surface area contributed by atoms with Crippen LogP contribution in [0.15, 0.2) is 36.9 Å². The zero-order chi connectivity index (χ0) is 11.9. The van der Waals surface area contributed by atoms with E-state index in [1.54, 1.807) is 12.5 Å². The van der Waals surface area contributed by atoms with Crippen molar-refractivity contribution < 1.29 is 0 Å². The van der Waals surface area contributed by atoms with E-state index >= 15 is 0 Å². The molecule has 3 heterocycles. The molecule has 3 aromatic rings. The van der Waals surface area contributed by atoms with Gasteiger partial charge in [-0.3, -0.25) is 4.98 Å². The van der Waals surface area contributed by atoms with E-state index in [0.29, 0.717) is 0 Å². The zero-order valence-corrected chi connectivity index (χ0v) is 9.77. The molecule has 18 heavy (non-hydrogen) atoms. The molecule has 0 radical (unpaired) electrons. The van der Waals surface area contributed by atoms with Gasteiger partial charge in [0, 0.05) is 24.0 Å². The number of nitrogens with zero attached hydrogens (tertiary/aromatic N) is 2. The third-order valence-electron chi connectivity index (χ3n) is 3.46. The molecule has 0 amide bonds. The smallest absolute Gasteiger partial charge is 0.0992 e. The molecule has 0 bridgehead atoms. The molecule has 1 aliphatic heterocycles. The number of hydrogen-bond acceptors (Lipinski definition) is 3. The van der Waals surface area contributed by atoms with Crippen LogP contribution < -0.4 is 5.32 Å². The van der Waals surface area contributed by atoms with Crippen LogP contribution in [0.5, 0.6) is 0 Å². The molecule has 0 unspecified atom stereocenters. The molecule has 4 rings (SSSR count). The highest BCUT2D eigenvalue weighted by atomic mass is 14.9. The van der Waals surface area contributed by atoms with E-state index in [9.17, 15) is 0 Å². The Labute approximate surface area is 104 Å². The van der Waals surface area contributed by atoms with E-state index in [1.165, 1.54) is 16.8 Å². The second-order valence-corrected chi connectivity index (χ2v) is 4.53. The standard InChI is InChI=1S/C14H12N4/c1-2-12-10(3-4-16-12)5-9(1)11-6-15-7-13-14(11)18-8-17-13/h1-2,5-8,16H,3-4H2,(H,17,18).